The van der Waals surface area contributed by atoms with Crippen LogP contribution in [-0.4, -0.2) is 37.9 Å². The van der Waals surface area contributed by atoms with Gasteiger partial charge in [-0.3, -0.25) is 4.98 Å². The Balaban J connectivity index is 1.81. The highest BCUT2D eigenvalue weighted by Gasteiger charge is 2.18. The molecule has 5 nitrogen and oxygen atoms in total. The van der Waals surface area contributed by atoms with Crippen LogP contribution in [0, 0.1) is 0 Å². The molecular formula is C16H19N3O2. The van der Waals surface area contributed by atoms with Gasteiger partial charge < -0.3 is 20.1 Å². The van der Waals surface area contributed by atoms with Crippen molar-refractivity contribution in [1.29, 1.82) is 0 Å². The van der Waals surface area contributed by atoms with Crippen LogP contribution in [0.2, 0.25) is 0 Å². The second kappa shape index (κ2) is 5.16. The third-order valence-corrected chi connectivity index (χ3v) is 4.31. The number of aromatic nitrogens is 1. The molecule has 0 atom stereocenters. The van der Waals surface area contributed by atoms with Crippen LogP contribution in [-0.2, 0) is 22.5 Å². The highest BCUT2D eigenvalue weighted by molar-refractivity contribution is 5.94. The standard InChI is InChI=1S/C16H19N3O2/c17-16-12-9-11(19-4-7-20-8-5-19)1-2-14(12)18-15-3-6-21-10-13(15)16/h1-2,9H,3-8,10H2,(H2,17,18). The lowest BCUT2D eigenvalue weighted by atomic mass is 10.0. The number of hydrogen-bond acceptors (Lipinski definition) is 5. The molecular weight excluding hydrogens is 266 g/mol. The van der Waals surface area contributed by atoms with Crippen LogP contribution >= 0.6 is 0 Å². The number of anilines is 2. The summed E-state index contributed by atoms with van der Waals surface area (Å²) in [6.07, 6.45) is 0.848. The lowest BCUT2D eigenvalue weighted by molar-refractivity contribution is 0.110. The maximum atomic E-state index is 6.37. The SMILES string of the molecule is Nc1c2c(nc3ccc(N4CCOCC4)cc13)CCOC2. The van der Waals surface area contributed by atoms with Crippen LogP contribution in [0.15, 0.2) is 18.2 Å². The van der Waals surface area contributed by atoms with Crippen molar-refractivity contribution in [2.24, 2.45) is 0 Å². The number of nitrogens with zero attached hydrogens (tertiary/aromatic N) is 2. The molecule has 2 aliphatic rings. The largest absolute Gasteiger partial charge is 0.398 e. The summed E-state index contributed by atoms with van der Waals surface area (Å²) in [6.45, 7) is 4.72. The first kappa shape index (κ1) is 12.9. The Hall–Kier alpha value is -1.85. The average molecular weight is 285 g/mol. The van der Waals surface area contributed by atoms with Crippen molar-refractivity contribution in [3.8, 4) is 0 Å². The van der Waals surface area contributed by atoms with E-state index in [1.807, 2.05) is 0 Å². The molecule has 2 aliphatic heterocycles. The van der Waals surface area contributed by atoms with E-state index in [1.165, 1.54) is 5.69 Å². The third kappa shape index (κ3) is 2.22. The molecule has 2 aromatic rings. The summed E-state index contributed by atoms with van der Waals surface area (Å²) >= 11 is 0. The number of rotatable bonds is 1. The van der Waals surface area contributed by atoms with Crippen LogP contribution in [0.1, 0.15) is 11.3 Å². The summed E-state index contributed by atoms with van der Waals surface area (Å²) in [4.78, 5) is 7.09. The minimum absolute atomic E-state index is 0.575. The Morgan fingerprint density at radius 3 is 2.81 bits per heavy atom. The quantitative estimate of drug-likeness (QED) is 0.864. The topological polar surface area (TPSA) is 60.6 Å². The zero-order valence-electron chi connectivity index (χ0n) is 12.0. The summed E-state index contributed by atoms with van der Waals surface area (Å²) in [5, 5.41) is 1.03. The number of hydrogen-bond donors (Lipinski definition) is 1. The summed E-state index contributed by atoms with van der Waals surface area (Å²) in [5.74, 6) is 0. The van der Waals surface area contributed by atoms with Crippen molar-refractivity contribution in [3.63, 3.8) is 0 Å². The van der Waals surface area contributed by atoms with Gasteiger partial charge in [0.2, 0.25) is 0 Å². The lowest BCUT2D eigenvalue weighted by Gasteiger charge is -2.29. The first-order chi connectivity index (χ1) is 10.3. The maximum absolute atomic E-state index is 6.37. The number of nitrogen functional groups attached to an aromatic ring is 1. The van der Waals surface area contributed by atoms with Gasteiger partial charge in [0.25, 0.3) is 0 Å². The Kier molecular flexibility index (Phi) is 3.16. The second-order valence-corrected chi connectivity index (χ2v) is 5.55. The fourth-order valence-corrected chi connectivity index (χ4v) is 3.10. The second-order valence-electron chi connectivity index (χ2n) is 5.55. The zero-order chi connectivity index (χ0) is 14.2. The molecule has 0 saturated carbocycles. The van der Waals surface area contributed by atoms with Crippen LogP contribution in [0.5, 0.6) is 0 Å². The number of ether oxygens (including phenoxy) is 2. The van der Waals surface area contributed by atoms with Gasteiger partial charge in [-0.2, -0.15) is 0 Å². The van der Waals surface area contributed by atoms with E-state index in [0.717, 1.165) is 67.2 Å². The lowest BCUT2D eigenvalue weighted by Crippen LogP contribution is -2.36. The highest BCUT2D eigenvalue weighted by Crippen LogP contribution is 2.31. The molecule has 0 unspecified atom stereocenters. The number of fused-ring (bicyclic) bond motifs is 2. The maximum Gasteiger partial charge on any atom is 0.0755 e. The van der Waals surface area contributed by atoms with E-state index in [9.17, 15) is 0 Å². The van der Waals surface area contributed by atoms with Gasteiger partial charge >= 0.3 is 0 Å². The smallest absolute Gasteiger partial charge is 0.0755 e. The highest BCUT2D eigenvalue weighted by atomic mass is 16.5. The molecule has 0 spiro atoms. The van der Waals surface area contributed by atoms with E-state index in [4.69, 9.17) is 20.2 Å². The molecule has 0 aliphatic carbocycles. The van der Waals surface area contributed by atoms with E-state index < -0.39 is 0 Å². The van der Waals surface area contributed by atoms with E-state index in [-0.39, 0.29) is 0 Å². The van der Waals surface area contributed by atoms with Crippen molar-refractivity contribution in [2.45, 2.75) is 13.0 Å². The summed E-state index contributed by atoms with van der Waals surface area (Å²) in [6, 6.07) is 6.36. The molecule has 1 aromatic heterocycles. The van der Waals surface area contributed by atoms with Crippen LogP contribution < -0.4 is 10.6 Å². The molecule has 1 saturated heterocycles. The van der Waals surface area contributed by atoms with Crippen LogP contribution in [0.3, 0.4) is 0 Å². The number of morpholine rings is 1. The molecule has 1 aromatic carbocycles. The van der Waals surface area contributed by atoms with Gasteiger partial charge in [0.15, 0.2) is 0 Å². The van der Waals surface area contributed by atoms with E-state index >= 15 is 0 Å². The van der Waals surface area contributed by atoms with E-state index in [0.29, 0.717) is 6.61 Å². The fraction of sp³-hybridized carbons (Fsp3) is 0.438. The van der Waals surface area contributed by atoms with Crippen LogP contribution in [0.4, 0.5) is 11.4 Å². The number of nitrogens with two attached hydrogens (primary N) is 1. The molecule has 0 bridgehead atoms. The van der Waals surface area contributed by atoms with Crippen molar-refractivity contribution in [3.05, 3.63) is 29.5 Å². The molecule has 5 heteroatoms. The van der Waals surface area contributed by atoms with Crippen molar-refractivity contribution < 1.29 is 9.47 Å². The zero-order valence-corrected chi connectivity index (χ0v) is 12.0. The van der Waals surface area contributed by atoms with E-state index in [2.05, 4.69) is 23.1 Å². The molecule has 21 heavy (non-hydrogen) atoms. The fourth-order valence-electron chi connectivity index (χ4n) is 3.10. The van der Waals surface area contributed by atoms with Crippen molar-refractivity contribution >= 4 is 22.3 Å². The van der Waals surface area contributed by atoms with Gasteiger partial charge in [-0.1, -0.05) is 0 Å². The molecule has 3 heterocycles. The van der Waals surface area contributed by atoms with Gasteiger partial charge in [0.1, 0.15) is 0 Å². The summed E-state index contributed by atoms with van der Waals surface area (Å²) in [7, 11) is 0. The van der Waals surface area contributed by atoms with Crippen molar-refractivity contribution in [1.82, 2.24) is 4.98 Å². The average Bonchev–Trinajstić information content (AvgIpc) is 2.56. The molecule has 110 valence electrons. The van der Waals surface area contributed by atoms with Gasteiger partial charge in [0, 0.05) is 41.8 Å². The Morgan fingerprint density at radius 2 is 1.95 bits per heavy atom. The molecule has 0 amide bonds. The summed E-state index contributed by atoms with van der Waals surface area (Å²) < 4.78 is 10.9. The van der Waals surface area contributed by atoms with Gasteiger partial charge in [0.05, 0.1) is 37.6 Å². The molecule has 2 N–H and O–H groups in total. The Morgan fingerprint density at radius 1 is 1.10 bits per heavy atom. The first-order valence-corrected chi connectivity index (χ1v) is 7.44. The summed E-state index contributed by atoms with van der Waals surface area (Å²) in [5.41, 5.74) is 11.5. The molecule has 0 radical (unpaired) electrons. The first-order valence-electron chi connectivity index (χ1n) is 7.44. The van der Waals surface area contributed by atoms with Crippen LogP contribution in [0.25, 0.3) is 10.9 Å². The van der Waals surface area contributed by atoms with E-state index in [1.54, 1.807) is 0 Å². The Labute approximate surface area is 123 Å². The number of pyridine rings is 1. The minimum atomic E-state index is 0.575. The van der Waals surface area contributed by atoms with Crippen molar-refractivity contribution in [2.75, 3.05) is 43.5 Å². The molecule has 4 rings (SSSR count). The molecule has 1 fully saturated rings. The van der Waals surface area contributed by atoms with Gasteiger partial charge in [-0.25, -0.2) is 0 Å². The Bertz CT molecular complexity index is 681. The third-order valence-electron chi connectivity index (χ3n) is 4.31. The number of benzene rings is 1. The predicted molar refractivity (Wildman–Crippen MR) is 82.5 cm³/mol. The van der Waals surface area contributed by atoms with Gasteiger partial charge in [-0.05, 0) is 18.2 Å². The predicted octanol–water partition coefficient (Wildman–Crippen LogP) is 1.73. The minimum Gasteiger partial charge on any atom is -0.398 e. The van der Waals surface area contributed by atoms with Gasteiger partial charge in [-0.15, -0.1) is 0 Å². The normalized spacial score (nSPS) is 18.8. The monoisotopic (exact) mass is 285 g/mol.